The molecule has 0 spiro atoms. The molecule has 2 N–H and O–H groups in total. The number of quaternary nitrogens is 1. The molecule has 25 heavy (non-hydrogen) atoms. The van der Waals surface area contributed by atoms with Crippen molar-refractivity contribution in [2.75, 3.05) is 34.9 Å². The molecule has 5 nitrogen and oxygen atoms in total. The fourth-order valence-electron chi connectivity index (χ4n) is 4.39. The highest BCUT2D eigenvalue weighted by atomic mass is 16.5. The third kappa shape index (κ3) is 2.19. The van der Waals surface area contributed by atoms with Gasteiger partial charge in [0.25, 0.3) is 0 Å². The van der Waals surface area contributed by atoms with Crippen LogP contribution in [-0.4, -0.2) is 40.0 Å². The summed E-state index contributed by atoms with van der Waals surface area (Å²) in [6.45, 7) is 1.09. The molecular formula is C20H24NO4+. The zero-order valence-electron chi connectivity index (χ0n) is 15.1. The normalized spacial score (nSPS) is 20.5. The van der Waals surface area contributed by atoms with Crippen LogP contribution in [0.2, 0.25) is 0 Å². The van der Waals surface area contributed by atoms with Crippen molar-refractivity contribution >= 4 is 0 Å². The van der Waals surface area contributed by atoms with Gasteiger partial charge in [0.2, 0.25) is 0 Å². The van der Waals surface area contributed by atoms with Gasteiger partial charge < -0.3 is 24.2 Å². The molecule has 0 saturated heterocycles. The molecule has 0 radical (unpaired) electrons. The van der Waals surface area contributed by atoms with Crippen LogP contribution in [-0.2, 0) is 12.8 Å². The van der Waals surface area contributed by atoms with Crippen LogP contribution in [0.3, 0.4) is 0 Å². The van der Waals surface area contributed by atoms with Crippen LogP contribution in [0, 0.1) is 0 Å². The molecule has 5 heteroatoms. The minimum absolute atomic E-state index is 0.176. The number of phenolic OH excluding ortho intramolecular Hbond substituents is 1. The Balaban J connectivity index is 2.11. The van der Waals surface area contributed by atoms with Gasteiger partial charge in [-0.1, -0.05) is 6.07 Å². The van der Waals surface area contributed by atoms with E-state index in [-0.39, 0.29) is 5.75 Å². The zero-order chi connectivity index (χ0) is 17.7. The summed E-state index contributed by atoms with van der Waals surface area (Å²) in [6, 6.07) is 6.35. The van der Waals surface area contributed by atoms with Gasteiger partial charge in [-0.15, -0.1) is 0 Å². The van der Waals surface area contributed by atoms with E-state index >= 15 is 0 Å². The number of aromatic hydroxyl groups is 1. The first-order chi connectivity index (χ1) is 12.1. The van der Waals surface area contributed by atoms with Crippen molar-refractivity contribution in [3.63, 3.8) is 0 Å². The van der Waals surface area contributed by atoms with Gasteiger partial charge >= 0.3 is 0 Å². The second kappa shape index (κ2) is 5.85. The molecule has 4 rings (SSSR count). The quantitative estimate of drug-likeness (QED) is 0.892. The zero-order valence-corrected chi connectivity index (χ0v) is 15.1. The van der Waals surface area contributed by atoms with Crippen molar-refractivity contribution in [2.24, 2.45) is 0 Å². The molecule has 0 bridgehead atoms. The number of likely N-dealkylation sites (N-methyl/N-ethyl adjacent to an activating group) is 1. The minimum Gasteiger partial charge on any atom is -0.504 e. The van der Waals surface area contributed by atoms with Crippen LogP contribution in [0.1, 0.15) is 22.7 Å². The summed E-state index contributed by atoms with van der Waals surface area (Å²) in [6.07, 6.45) is 1.89. The van der Waals surface area contributed by atoms with Crippen molar-refractivity contribution in [1.82, 2.24) is 0 Å². The SMILES string of the molecule is COc1ccc2c(c1O)-c1c(OC)c(OC)cc3c1[C@@H](C2)[NH+](C)CC3. The lowest BCUT2D eigenvalue weighted by Gasteiger charge is -2.38. The van der Waals surface area contributed by atoms with Gasteiger partial charge in [0.1, 0.15) is 6.04 Å². The van der Waals surface area contributed by atoms with Crippen molar-refractivity contribution in [3.05, 3.63) is 34.9 Å². The van der Waals surface area contributed by atoms with Crippen LogP contribution >= 0.6 is 0 Å². The molecule has 0 amide bonds. The molecule has 1 heterocycles. The van der Waals surface area contributed by atoms with E-state index in [9.17, 15) is 5.11 Å². The van der Waals surface area contributed by atoms with E-state index in [1.165, 1.54) is 16.0 Å². The number of hydrogen-bond donors (Lipinski definition) is 2. The number of methoxy groups -OCH3 is 3. The molecule has 2 aliphatic rings. The molecule has 0 fully saturated rings. The third-order valence-corrected chi connectivity index (χ3v) is 5.65. The Labute approximate surface area is 147 Å². The Bertz CT molecular complexity index is 846. The number of benzene rings is 2. The fourth-order valence-corrected chi connectivity index (χ4v) is 4.39. The van der Waals surface area contributed by atoms with Gasteiger partial charge in [0.05, 0.1) is 34.9 Å². The lowest BCUT2D eigenvalue weighted by Crippen LogP contribution is -3.10. The Morgan fingerprint density at radius 3 is 2.44 bits per heavy atom. The number of nitrogens with one attached hydrogen (secondary N) is 1. The van der Waals surface area contributed by atoms with Crippen LogP contribution < -0.4 is 19.1 Å². The number of fused-ring (bicyclic) bond motifs is 2. The van der Waals surface area contributed by atoms with E-state index in [0.29, 0.717) is 23.3 Å². The Morgan fingerprint density at radius 1 is 1.00 bits per heavy atom. The maximum absolute atomic E-state index is 10.9. The maximum atomic E-state index is 10.9. The molecule has 1 unspecified atom stereocenters. The number of hydrogen-bond acceptors (Lipinski definition) is 4. The van der Waals surface area contributed by atoms with Gasteiger partial charge in [0, 0.05) is 29.5 Å². The largest absolute Gasteiger partial charge is 0.504 e. The smallest absolute Gasteiger partial charge is 0.169 e. The van der Waals surface area contributed by atoms with E-state index in [1.807, 2.05) is 6.07 Å². The molecule has 2 aromatic rings. The first kappa shape index (κ1) is 16.1. The second-order valence-electron chi connectivity index (χ2n) is 6.81. The van der Waals surface area contributed by atoms with E-state index < -0.39 is 0 Å². The predicted octanol–water partition coefficient (Wildman–Crippen LogP) is 1.75. The van der Waals surface area contributed by atoms with Gasteiger partial charge in [-0.2, -0.15) is 0 Å². The second-order valence-corrected chi connectivity index (χ2v) is 6.81. The average Bonchev–Trinajstić information content (AvgIpc) is 2.63. The Kier molecular flexibility index (Phi) is 3.76. The first-order valence-corrected chi connectivity index (χ1v) is 8.60. The minimum atomic E-state index is 0.176. The maximum Gasteiger partial charge on any atom is 0.169 e. The molecule has 0 aromatic heterocycles. The van der Waals surface area contributed by atoms with Gasteiger partial charge in [-0.3, -0.25) is 0 Å². The Hall–Kier alpha value is -2.40. The van der Waals surface area contributed by atoms with Crippen LogP contribution in [0.15, 0.2) is 18.2 Å². The molecule has 132 valence electrons. The van der Waals surface area contributed by atoms with Crippen LogP contribution in [0.5, 0.6) is 23.0 Å². The molecule has 1 aliphatic carbocycles. The molecule has 2 aromatic carbocycles. The van der Waals surface area contributed by atoms with E-state index in [4.69, 9.17) is 14.2 Å². The van der Waals surface area contributed by atoms with Gasteiger partial charge in [-0.05, 0) is 23.3 Å². The summed E-state index contributed by atoms with van der Waals surface area (Å²) in [5.41, 5.74) is 5.46. The van der Waals surface area contributed by atoms with Crippen molar-refractivity contribution < 1.29 is 24.2 Å². The topological polar surface area (TPSA) is 52.4 Å². The number of rotatable bonds is 3. The number of ether oxygens (including phenoxy) is 3. The molecule has 1 aliphatic heterocycles. The average molecular weight is 342 g/mol. The van der Waals surface area contributed by atoms with Crippen molar-refractivity contribution in [2.45, 2.75) is 18.9 Å². The van der Waals surface area contributed by atoms with Crippen molar-refractivity contribution in [1.29, 1.82) is 0 Å². The van der Waals surface area contributed by atoms with E-state index in [0.717, 1.165) is 36.1 Å². The van der Waals surface area contributed by atoms with Crippen molar-refractivity contribution in [3.8, 4) is 34.1 Å². The fraction of sp³-hybridized carbons (Fsp3) is 0.400. The molecule has 0 saturated carbocycles. The summed E-state index contributed by atoms with van der Waals surface area (Å²) in [5.74, 6) is 2.05. The summed E-state index contributed by atoms with van der Waals surface area (Å²) in [7, 11) is 7.12. The predicted molar refractivity (Wildman–Crippen MR) is 95.1 cm³/mol. The Morgan fingerprint density at radius 2 is 1.76 bits per heavy atom. The lowest BCUT2D eigenvalue weighted by atomic mass is 9.76. The van der Waals surface area contributed by atoms with Crippen LogP contribution in [0.4, 0.5) is 0 Å². The highest BCUT2D eigenvalue weighted by Gasteiger charge is 2.40. The summed E-state index contributed by atoms with van der Waals surface area (Å²) < 4.78 is 16.7. The highest BCUT2D eigenvalue weighted by Crippen LogP contribution is 2.54. The standard InChI is InChI=1S/C20H23NO4/c1-21-8-7-12-10-15(24-3)20(25-4)18-16(12)13(21)9-11-5-6-14(23-2)19(22)17(11)18/h5-6,10,13,22H,7-9H2,1-4H3/p+1/t13-/m1/s1. The monoisotopic (exact) mass is 342 g/mol. The van der Waals surface area contributed by atoms with E-state index in [1.54, 1.807) is 21.3 Å². The van der Waals surface area contributed by atoms with Crippen LogP contribution in [0.25, 0.3) is 11.1 Å². The summed E-state index contributed by atoms with van der Waals surface area (Å²) in [5, 5.41) is 10.9. The number of phenols is 1. The van der Waals surface area contributed by atoms with Gasteiger partial charge in [0.15, 0.2) is 23.0 Å². The summed E-state index contributed by atoms with van der Waals surface area (Å²) in [4.78, 5) is 1.49. The highest BCUT2D eigenvalue weighted by molar-refractivity contribution is 5.88. The van der Waals surface area contributed by atoms with E-state index in [2.05, 4.69) is 19.2 Å². The first-order valence-electron chi connectivity index (χ1n) is 8.60. The molecular weight excluding hydrogens is 318 g/mol. The van der Waals surface area contributed by atoms with Gasteiger partial charge in [-0.25, -0.2) is 0 Å². The third-order valence-electron chi connectivity index (χ3n) is 5.65. The summed E-state index contributed by atoms with van der Waals surface area (Å²) >= 11 is 0. The lowest BCUT2D eigenvalue weighted by molar-refractivity contribution is -0.914. The molecule has 2 atom stereocenters.